The van der Waals surface area contributed by atoms with Crippen molar-refractivity contribution < 1.29 is 4.39 Å². The second kappa shape index (κ2) is 7.30. The number of anilines is 1. The van der Waals surface area contributed by atoms with Crippen LogP contribution in [0, 0.1) is 11.7 Å². The van der Waals surface area contributed by atoms with Gasteiger partial charge in [0.2, 0.25) is 0 Å². The normalized spacial score (nSPS) is 22.9. The minimum atomic E-state index is -0.308. The number of rotatable bonds is 4. The van der Waals surface area contributed by atoms with Crippen molar-refractivity contribution in [1.82, 2.24) is 5.32 Å². The lowest BCUT2D eigenvalue weighted by Crippen LogP contribution is -2.57. The number of hydrogen-bond donors (Lipinski definition) is 1. The largest absolute Gasteiger partial charge is 0.364 e. The van der Waals surface area contributed by atoms with Crippen LogP contribution in [-0.4, -0.2) is 25.2 Å². The zero-order valence-corrected chi connectivity index (χ0v) is 15.1. The van der Waals surface area contributed by atoms with Crippen LogP contribution in [-0.2, 0) is 0 Å². The van der Waals surface area contributed by atoms with E-state index < -0.39 is 0 Å². The molecule has 0 saturated carbocycles. The van der Waals surface area contributed by atoms with E-state index in [0.29, 0.717) is 23.0 Å². The van der Waals surface area contributed by atoms with Gasteiger partial charge in [-0.3, -0.25) is 0 Å². The maximum Gasteiger partial charge on any atom is 0.125 e. The summed E-state index contributed by atoms with van der Waals surface area (Å²) < 4.78 is 14.2. The van der Waals surface area contributed by atoms with E-state index in [1.165, 1.54) is 12.1 Å². The Morgan fingerprint density at radius 2 is 2.19 bits per heavy atom. The molecule has 118 valence electrons. The Balaban J connectivity index is 2.29. The Hall–Kier alpha value is -0.320. The van der Waals surface area contributed by atoms with Crippen molar-refractivity contribution in [3.05, 3.63) is 27.4 Å². The molecule has 2 rings (SSSR count). The van der Waals surface area contributed by atoms with E-state index in [2.05, 4.69) is 46.9 Å². The lowest BCUT2D eigenvalue weighted by atomic mass is 9.98. The summed E-state index contributed by atoms with van der Waals surface area (Å²) >= 11 is 9.79. The standard InChI is InChI=1S/C16H23BrClFN2/c1-4-13-8-20-12(5-10(2)3)9-21(13)16-14(17)6-11(19)7-15(16)18/h6-7,10,12-13,20H,4-5,8-9H2,1-3H3. The van der Waals surface area contributed by atoms with Gasteiger partial charge in [0.25, 0.3) is 0 Å². The molecule has 2 unspecified atom stereocenters. The summed E-state index contributed by atoms with van der Waals surface area (Å²) in [5.41, 5.74) is 0.917. The predicted molar refractivity (Wildman–Crippen MR) is 91.8 cm³/mol. The average Bonchev–Trinajstić information content (AvgIpc) is 2.37. The van der Waals surface area contributed by atoms with Crippen molar-refractivity contribution >= 4 is 33.2 Å². The Kier molecular flexibility index (Phi) is 5.92. The summed E-state index contributed by atoms with van der Waals surface area (Å²) in [6.45, 7) is 8.49. The van der Waals surface area contributed by atoms with Crippen molar-refractivity contribution in [1.29, 1.82) is 0 Å². The highest BCUT2D eigenvalue weighted by Crippen LogP contribution is 2.37. The fourth-order valence-electron chi connectivity index (χ4n) is 3.04. The number of halogens is 3. The average molecular weight is 378 g/mol. The van der Waals surface area contributed by atoms with Crippen molar-refractivity contribution in [2.75, 3.05) is 18.0 Å². The minimum Gasteiger partial charge on any atom is -0.364 e. The summed E-state index contributed by atoms with van der Waals surface area (Å²) in [5, 5.41) is 4.10. The molecule has 1 aromatic rings. The molecule has 1 aromatic carbocycles. The van der Waals surface area contributed by atoms with Gasteiger partial charge in [0.05, 0.1) is 10.7 Å². The Labute approximate surface area is 140 Å². The highest BCUT2D eigenvalue weighted by molar-refractivity contribution is 9.10. The van der Waals surface area contributed by atoms with Gasteiger partial charge < -0.3 is 10.2 Å². The smallest absolute Gasteiger partial charge is 0.125 e. The summed E-state index contributed by atoms with van der Waals surface area (Å²) in [6.07, 6.45) is 2.16. The Morgan fingerprint density at radius 1 is 1.48 bits per heavy atom. The van der Waals surface area contributed by atoms with Gasteiger partial charge in [0.15, 0.2) is 0 Å². The van der Waals surface area contributed by atoms with E-state index >= 15 is 0 Å². The number of nitrogens with one attached hydrogen (secondary N) is 1. The first-order valence-electron chi connectivity index (χ1n) is 7.56. The highest BCUT2D eigenvalue weighted by Gasteiger charge is 2.29. The van der Waals surface area contributed by atoms with Gasteiger partial charge in [-0.25, -0.2) is 4.39 Å². The Morgan fingerprint density at radius 3 is 2.76 bits per heavy atom. The lowest BCUT2D eigenvalue weighted by Gasteiger charge is -2.43. The topological polar surface area (TPSA) is 15.3 Å². The molecule has 0 aromatic heterocycles. The molecule has 0 spiro atoms. The summed E-state index contributed by atoms with van der Waals surface area (Å²) in [4.78, 5) is 2.33. The predicted octanol–water partition coefficient (Wildman–Crippen LogP) is 4.84. The molecule has 1 aliphatic heterocycles. The van der Waals surface area contributed by atoms with Gasteiger partial charge in [-0.15, -0.1) is 0 Å². The maximum atomic E-state index is 13.5. The summed E-state index contributed by atoms with van der Waals surface area (Å²) in [6, 6.07) is 3.72. The molecular weight excluding hydrogens is 355 g/mol. The van der Waals surface area contributed by atoms with E-state index in [4.69, 9.17) is 11.6 Å². The van der Waals surface area contributed by atoms with Crippen molar-refractivity contribution in [2.24, 2.45) is 5.92 Å². The van der Waals surface area contributed by atoms with Crippen LogP contribution in [0.3, 0.4) is 0 Å². The van der Waals surface area contributed by atoms with Crippen molar-refractivity contribution in [3.63, 3.8) is 0 Å². The van der Waals surface area contributed by atoms with Crippen molar-refractivity contribution in [3.8, 4) is 0 Å². The van der Waals surface area contributed by atoms with E-state index in [9.17, 15) is 4.39 Å². The number of benzene rings is 1. The maximum absolute atomic E-state index is 13.5. The molecule has 5 heteroatoms. The second-order valence-electron chi connectivity index (χ2n) is 6.17. The SMILES string of the molecule is CCC1CNC(CC(C)C)CN1c1c(Cl)cc(F)cc1Br. The van der Waals surface area contributed by atoms with E-state index in [1.807, 2.05) is 0 Å². The van der Waals surface area contributed by atoms with Crippen molar-refractivity contribution in [2.45, 2.75) is 45.7 Å². The molecule has 1 fully saturated rings. The molecule has 1 aliphatic rings. The van der Waals surface area contributed by atoms with E-state index in [0.717, 1.165) is 36.1 Å². The first kappa shape index (κ1) is 17.0. The molecular formula is C16H23BrClFN2. The van der Waals surface area contributed by atoms with Gasteiger partial charge in [-0.05, 0) is 46.8 Å². The van der Waals surface area contributed by atoms with Gasteiger partial charge >= 0.3 is 0 Å². The molecule has 21 heavy (non-hydrogen) atoms. The third-order valence-electron chi connectivity index (χ3n) is 4.00. The van der Waals surface area contributed by atoms with Gasteiger partial charge in [-0.2, -0.15) is 0 Å². The third-order valence-corrected chi connectivity index (χ3v) is 4.89. The zero-order valence-electron chi connectivity index (χ0n) is 12.8. The third kappa shape index (κ3) is 4.11. The molecule has 0 radical (unpaired) electrons. The Bertz CT molecular complexity index is 472. The van der Waals surface area contributed by atoms with Crippen LogP contribution in [0.2, 0.25) is 5.02 Å². The van der Waals surface area contributed by atoms with Crippen LogP contribution in [0.5, 0.6) is 0 Å². The van der Waals surface area contributed by atoms with Crippen LogP contribution >= 0.6 is 27.5 Å². The fourth-order valence-corrected chi connectivity index (χ4v) is 4.13. The number of nitrogens with zero attached hydrogens (tertiary/aromatic N) is 1. The number of hydrogen-bond acceptors (Lipinski definition) is 2. The molecule has 1 saturated heterocycles. The first-order chi connectivity index (χ1) is 9.92. The molecule has 0 bridgehead atoms. The van der Waals surface area contributed by atoms with E-state index in [1.54, 1.807) is 0 Å². The minimum absolute atomic E-state index is 0.308. The molecule has 2 nitrogen and oxygen atoms in total. The van der Waals surface area contributed by atoms with Gasteiger partial charge in [-0.1, -0.05) is 32.4 Å². The zero-order chi connectivity index (χ0) is 15.6. The quantitative estimate of drug-likeness (QED) is 0.807. The number of piperazine rings is 1. The first-order valence-corrected chi connectivity index (χ1v) is 8.74. The molecule has 2 atom stereocenters. The lowest BCUT2D eigenvalue weighted by molar-refractivity contribution is 0.343. The fraction of sp³-hybridized carbons (Fsp3) is 0.625. The molecule has 1 heterocycles. The van der Waals surface area contributed by atoms with Crippen LogP contribution < -0.4 is 10.2 Å². The summed E-state index contributed by atoms with van der Waals surface area (Å²) in [5.74, 6) is 0.340. The van der Waals surface area contributed by atoms with Crippen LogP contribution in [0.4, 0.5) is 10.1 Å². The van der Waals surface area contributed by atoms with Crippen LogP contribution in [0.1, 0.15) is 33.6 Å². The second-order valence-corrected chi connectivity index (χ2v) is 7.43. The molecule has 0 aliphatic carbocycles. The van der Waals surface area contributed by atoms with Gasteiger partial charge in [0.1, 0.15) is 5.82 Å². The highest BCUT2D eigenvalue weighted by atomic mass is 79.9. The van der Waals surface area contributed by atoms with Crippen LogP contribution in [0.25, 0.3) is 0 Å². The van der Waals surface area contributed by atoms with E-state index in [-0.39, 0.29) is 5.82 Å². The summed E-state index contributed by atoms with van der Waals surface area (Å²) in [7, 11) is 0. The molecule has 0 amide bonds. The monoisotopic (exact) mass is 376 g/mol. The van der Waals surface area contributed by atoms with Gasteiger partial charge in [0, 0.05) is 29.6 Å². The molecule has 1 N–H and O–H groups in total. The van der Waals surface area contributed by atoms with Crippen LogP contribution in [0.15, 0.2) is 16.6 Å².